The molecule has 0 spiro atoms. The fraction of sp³-hybridized carbons (Fsp3) is 0.526. The summed E-state index contributed by atoms with van der Waals surface area (Å²) in [5, 5.41) is 0.525. The second-order valence-electron chi connectivity index (χ2n) is 7.54. The van der Waals surface area contributed by atoms with Crippen molar-refractivity contribution in [1.29, 1.82) is 0 Å². The number of aryl methyl sites for hydroxylation is 1. The van der Waals surface area contributed by atoms with Crippen molar-refractivity contribution in [3.63, 3.8) is 0 Å². The fourth-order valence-corrected chi connectivity index (χ4v) is 6.30. The molecule has 1 aromatic carbocycles. The van der Waals surface area contributed by atoms with Crippen molar-refractivity contribution in [2.45, 2.75) is 38.3 Å². The third kappa shape index (κ3) is 4.10. The molecule has 2 aliphatic heterocycles. The first-order valence-electron chi connectivity index (χ1n) is 9.42. The number of amides is 2. The van der Waals surface area contributed by atoms with E-state index >= 15 is 0 Å². The molecule has 2 amide bonds. The first kappa shape index (κ1) is 19.4. The van der Waals surface area contributed by atoms with Gasteiger partial charge in [-0.15, -0.1) is 0 Å². The zero-order chi connectivity index (χ0) is 19.9. The zero-order valence-corrected chi connectivity index (χ0v) is 17.3. The van der Waals surface area contributed by atoms with E-state index in [0.29, 0.717) is 11.6 Å². The predicted molar refractivity (Wildman–Crippen MR) is 110 cm³/mol. The number of amidine groups is 1. The van der Waals surface area contributed by atoms with Crippen LogP contribution in [-0.2, 0) is 19.4 Å². The highest BCUT2D eigenvalue weighted by Crippen LogP contribution is 2.33. The number of hydrogen-bond acceptors (Lipinski definition) is 6. The number of anilines is 1. The number of carbonyl (C=O) groups excluding carboxylic acids is 2. The van der Waals surface area contributed by atoms with Gasteiger partial charge in [0, 0.05) is 12.1 Å². The number of benzene rings is 1. The Labute approximate surface area is 169 Å². The molecular formula is C19H23N3O4S2. The lowest BCUT2D eigenvalue weighted by molar-refractivity contribution is -0.130. The summed E-state index contributed by atoms with van der Waals surface area (Å²) < 4.78 is 23.7. The van der Waals surface area contributed by atoms with E-state index in [1.165, 1.54) is 11.8 Å². The maximum absolute atomic E-state index is 12.9. The number of hydrogen-bond donors (Lipinski definition) is 0. The number of carbonyl (C=O) groups is 2. The molecule has 0 N–H and O–H groups in total. The molecule has 28 heavy (non-hydrogen) atoms. The van der Waals surface area contributed by atoms with Crippen LogP contribution in [0.15, 0.2) is 29.3 Å². The lowest BCUT2D eigenvalue weighted by atomic mass is 10.2. The van der Waals surface area contributed by atoms with E-state index in [9.17, 15) is 18.0 Å². The van der Waals surface area contributed by atoms with E-state index in [1.807, 2.05) is 31.2 Å². The summed E-state index contributed by atoms with van der Waals surface area (Å²) in [5.74, 6) is 0.195. The van der Waals surface area contributed by atoms with Crippen LogP contribution in [0.4, 0.5) is 5.69 Å². The Hall–Kier alpha value is -1.87. The van der Waals surface area contributed by atoms with Gasteiger partial charge in [-0.25, -0.2) is 8.42 Å². The van der Waals surface area contributed by atoms with Crippen molar-refractivity contribution in [3.05, 3.63) is 29.8 Å². The van der Waals surface area contributed by atoms with E-state index in [-0.39, 0.29) is 47.7 Å². The Balaban J connectivity index is 1.43. The highest BCUT2D eigenvalue weighted by atomic mass is 32.2. The third-order valence-corrected chi connectivity index (χ3v) is 7.95. The molecule has 1 saturated heterocycles. The van der Waals surface area contributed by atoms with Gasteiger partial charge < -0.3 is 4.90 Å². The van der Waals surface area contributed by atoms with Crippen LogP contribution >= 0.6 is 11.8 Å². The monoisotopic (exact) mass is 421 g/mol. The summed E-state index contributed by atoms with van der Waals surface area (Å²) in [6.45, 7) is 2.06. The Morgan fingerprint density at radius 3 is 2.54 bits per heavy atom. The molecule has 2 heterocycles. The van der Waals surface area contributed by atoms with Crippen LogP contribution in [0.3, 0.4) is 0 Å². The largest absolute Gasteiger partial charge is 0.335 e. The Bertz CT molecular complexity index is 923. The fourth-order valence-electron chi connectivity index (χ4n) is 3.70. The number of aliphatic imine (C=N–C) groups is 1. The zero-order valence-electron chi connectivity index (χ0n) is 15.7. The van der Waals surface area contributed by atoms with Crippen molar-refractivity contribution in [3.8, 4) is 0 Å². The average Bonchev–Trinajstić information content (AvgIpc) is 3.31. The molecule has 0 bridgehead atoms. The molecule has 2 fully saturated rings. The van der Waals surface area contributed by atoms with Crippen molar-refractivity contribution >= 4 is 44.3 Å². The molecule has 1 saturated carbocycles. The highest BCUT2D eigenvalue weighted by molar-refractivity contribution is 8.14. The van der Waals surface area contributed by atoms with Crippen LogP contribution in [-0.4, -0.2) is 66.2 Å². The Kier molecular flexibility index (Phi) is 5.22. The molecule has 3 aliphatic rings. The van der Waals surface area contributed by atoms with E-state index in [2.05, 4.69) is 4.99 Å². The molecule has 1 aliphatic carbocycles. The number of nitrogens with zero attached hydrogens (tertiary/aromatic N) is 3. The number of thioether (sulfide) groups is 1. The molecule has 150 valence electrons. The summed E-state index contributed by atoms with van der Waals surface area (Å²) in [7, 11) is -3.04. The molecule has 7 nitrogen and oxygen atoms in total. The smallest absolute Gasteiger partial charge is 0.254 e. The highest BCUT2D eigenvalue weighted by Gasteiger charge is 2.42. The third-order valence-electron chi connectivity index (χ3n) is 5.24. The van der Waals surface area contributed by atoms with Crippen molar-refractivity contribution in [2.75, 3.05) is 28.7 Å². The van der Waals surface area contributed by atoms with Gasteiger partial charge >= 0.3 is 0 Å². The minimum absolute atomic E-state index is 0.0643. The van der Waals surface area contributed by atoms with Gasteiger partial charge in [0.2, 0.25) is 5.91 Å². The molecule has 0 unspecified atom stereocenters. The minimum Gasteiger partial charge on any atom is -0.335 e. The lowest BCUT2D eigenvalue weighted by Crippen LogP contribution is -2.44. The minimum atomic E-state index is -3.04. The van der Waals surface area contributed by atoms with E-state index < -0.39 is 9.84 Å². The van der Waals surface area contributed by atoms with Gasteiger partial charge in [0.15, 0.2) is 15.0 Å². The van der Waals surface area contributed by atoms with Crippen LogP contribution in [0, 0.1) is 6.92 Å². The van der Waals surface area contributed by atoms with E-state index in [1.54, 1.807) is 9.80 Å². The maximum Gasteiger partial charge on any atom is 0.254 e. The van der Waals surface area contributed by atoms with Crippen molar-refractivity contribution in [1.82, 2.24) is 4.90 Å². The maximum atomic E-state index is 12.9. The SMILES string of the molecule is Cc1ccc(N2C(=O)CN=C2SCC(=O)N(C2CC2)[C@@H]2CCS(=O)(=O)C2)cc1. The first-order valence-corrected chi connectivity index (χ1v) is 12.2. The van der Waals surface area contributed by atoms with Crippen LogP contribution < -0.4 is 4.90 Å². The topological polar surface area (TPSA) is 87.1 Å². The molecule has 1 aromatic rings. The summed E-state index contributed by atoms with van der Waals surface area (Å²) in [6, 6.07) is 7.55. The van der Waals surface area contributed by atoms with Gasteiger partial charge in [-0.2, -0.15) is 0 Å². The molecule has 0 aromatic heterocycles. The standard InChI is InChI=1S/C19H23N3O4S2/c1-13-2-4-15(5-3-13)22-17(23)10-20-19(22)27-11-18(24)21(14-6-7-14)16-8-9-28(25,26)12-16/h2-5,14,16H,6-12H2,1H3/t16-/m1/s1. The average molecular weight is 422 g/mol. The quantitative estimate of drug-likeness (QED) is 0.721. The van der Waals surface area contributed by atoms with Crippen LogP contribution in [0.1, 0.15) is 24.8 Å². The van der Waals surface area contributed by atoms with Gasteiger partial charge in [0.25, 0.3) is 5.91 Å². The van der Waals surface area contributed by atoms with Gasteiger partial charge in [-0.05, 0) is 38.3 Å². The molecular weight excluding hydrogens is 398 g/mol. The summed E-state index contributed by atoms with van der Waals surface area (Å²) in [5.41, 5.74) is 1.84. The number of sulfone groups is 1. The lowest BCUT2D eigenvalue weighted by Gasteiger charge is -2.28. The summed E-state index contributed by atoms with van der Waals surface area (Å²) in [4.78, 5) is 32.8. The summed E-state index contributed by atoms with van der Waals surface area (Å²) in [6.07, 6.45) is 2.38. The second kappa shape index (κ2) is 7.51. The van der Waals surface area contributed by atoms with Gasteiger partial charge in [0.1, 0.15) is 6.54 Å². The van der Waals surface area contributed by atoms with Crippen LogP contribution in [0.5, 0.6) is 0 Å². The summed E-state index contributed by atoms with van der Waals surface area (Å²) >= 11 is 1.25. The molecule has 0 radical (unpaired) electrons. The number of rotatable bonds is 5. The normalized spacial score (nSPS) is 23.8. The van der Waals surface area contributed by atoms with Gasteiger partial charge in [0.05, 0.1) is 22.9 Å². The Morgan fingerprint density at radius 1 is 1.21 bits per heavy atom. The molecule has 9 heteroatoms. The van der Waals surface area contributed by atoms with Crippen molar-refractivity contribution < 1.29 is 18.0 Å². The van der Waals surface area contributed by atoms with Crippen LogP contribution in [0.25, 0.3) is 0 Å². The first-order chi connectivity index (χ1) is 13.3. The van der Waals surface area contributed by atoms with Gasteiger partial charge in [-0.3, -0.25) is 19.5 Å². The van der Waals surface area contributed by atoms with Crippen LogP contribution in [0.2, 0.25) is 0 Å². The van der Waals surface area contributed by atoms with Crippen molar-refractivity contribution in [2.24, 2.45) is 4.99 Å². The Morgan fingerprint density at radius 2 is 1.93 bits per heavy atom. The molecule has 4 rings (SSSR count). The predicted octanol–water partition coefficient (Wildman–Crippen LogP) is 1.61. The van der Waals surface area contributed by atoms with E-state index in [4.69, 9.17) is 0 Å². The van der Waals surface area contributed by atoms with E-state index in [0.717, 1.165) is 24.1 Å². The second-order valence-corrected chi connectivity index (χ2v) is 10.7. The van der Waals surface area contributed by atoms with Gasteiger partial charge in [-0.1, -0.05) is 29.5 Å². The molecule has 1 atom stereocenters.